The van der Waals surface area contributed by atoms with Gasteiger partial charge in [0.05, 0.1) is 12.1 Å². The number of hydrogen-bond donors (Lipinski definition) is 1. The second kappa shape index (κ2) is 6.36. The van der Waals surface area contributed by atoms with E-state index < -0.39 is 5.97 Å². The summed E-state index contributed by atoms with van der Waals surface area (Å²) in [7, 11) is 0. The van der Waals surface area contributed by atoms with Crippen molar-refractivity contribution in [2.24, 2.45) is 0 Å². The third kappa shape index (κ3) is 4.19. The molecule has 0 bridgehead atoms. The predicted molar refractivity (Wildman–Crippen MR) is 77.0 cm³/mol. The van der Waals surface area contributed by atoms with Crippen molar-refractivity contribution in [1.29, 1.82) is 0 Å². The SMILES string of the molecule is Cc1nc(SCc2ccc(Cl)nc2)sc1CC(=O)O. The molecule has 0 amide bonds. The first-order chi connectivity index (χ1) is 9.04. The van der Waals surface area contributed by atoms with Crippen LogP contribution in [-0.2, 0) is 17.0 Å². The molecule has 0 aromatic carbocycles. The van der Waals surface area contributed by atoms with E-state index in [0.29, 0.717) is 5.15 Å². The molecule has 0 unspecified atom stereocenters. The maximum atomic E-state index is 10.7. The van der Waals surface area contributed by atoms with E-state index in [0.717, 1.165) is 26.2 Å². The third-order valence-electron chi connectivity index (χ3n) is 2.34. The highest BCUT2D eigenvalue weighted by Crippen LogP contribution is 2.29. The van der Waals surface area contributed by atoms with Gasteiger partial charge in [-0.3, -0.25) is 4.79 Å². The number of nitrogens with zero attached hydrogens (tertiary/aromatic N) is 2. The van der Waals surface area contributed by atoms with Crippen LogP contribution in [0.2, 0.25) is 5.15 Å². The topological polar surface area (TPSA) is 63.1 Å². The lowest BCUT2D eigenvalue weighted by Crippen LogP contribution is -1.99. The van der Waals surface area contributed by atoms with Crippen molar-refractivity contribution in [2.75, 3.05) is 0 Å². The largest absolute Gasteiger partial charge is 0.481 e. The molecule has 2 aromatic rings. The van der Waals surface area contributed by atoms with Gasteiger partial charge in [-0.1, -0.05) is 29.4 Å². The smallest absolute Gasteiger partial charge is 0.308 e. The van der Waals surface area contributed by atoms with E-state index in [2.05, 4.69) is 9.97 Å². The number of rotatable bonds is 5. The number of pyridine rings is 1. The molecule has 0 saturated carbocycles. The number of aryl methyl sites for hydroxylation is 1. The zero-order chi connectivity index (χ0) is 13.8. The molecule has 2 aromatic heterocycles. The van der Waals surface area contributed by atoms with Crippen molar-refractivity contribution >= 4 is 40.7 Å². The van der Waals surface area contributed by atoms with Crippen molar-refractivity contribution in [1.82, 2.24) is 9.97 Å². The lowest BCUT2D eigenvalue weighted by atomic mass is 10.3. The van der Waals surface area contributed by atoms with Crippen molar-refractivity contribution in [3.63, 3.8) is 0 Å². The van der Waals surface area contributed by atoms with E-state index in [4.69, 9.17) is 16.7 Å². The highest BCUT2D eigenvalue weighted by molar-refractivity contribution is 8.00. The first-order valence-corrected chi connectivity index (χ1v) is 7.64. The Bertz CT molecular complexity index is 584. The summed E-state index contributed by atoms with van der Waals surface area (Å²) in [6, 6.07) is 3.67. The summed E-state index contributed by atoms with van der Waals surface area (Å²) >= 11 is 8.73. The molecule has 2 rings (SSSR count). The molecule has 0 fully saturated rings. The monoisotopic (exact) mass is 314 g/mol. The van der Waals surface area contributed by atoms with Gasteiger partial charge in [-0.25, -0.2) is 9.97 Å². The van der Waals surface area contributed by atoms with E-state index in [1.54, 1.807) is 24.0 Å². The Hall–Kier alpha value is -1.11. The van der Waals surface area contributed by atoms with E-state index >= 15 is 0 Å². The van der Waals surface area contributed by atoms with Crippen LogP contribution in [0.15, 0.2) is 22.7 Å². The molecule has 0 radical (unpaired) electrons. The lowest BCUT2D eigenvalue weighted by Gasteiger charge is -1.98. The van der Waals surface area contributed by atoms with Crippen LogP contribution >= 0.6 is 34.7 Å². The molecule has 2 heterocycles. The van der Waals surface area contributed by atoms with Gasteiger partial charge in [-0.2, -0.15) is 0 Å². The first-order valence-electron chi connectivity index (χ1n) is 5.46. The molecule has 19 heavy (non-hydrogen) atoms. The van der Waals surface area contributed by atoms with E-state index in [-0.39, 0.29) is 6.42 Å². The molecule has 0 atom stereocenters. The van der Waals surface area contributed by atoms with Crippen molar-refractivity contribution in [3.8, 4) is 0 Å². The number of halogens is 1. The van der Waals surface area contributed by atoms with Gasteiger partial charge >= 0.3 is 5.97 Å². The Labute approximate surface area is 123 Å². The quantitative estimate of drug-likeness (QED) is 0.676. The summed E-state index contributed by atoms with van der Waals surface area (Å²) in [4.78, 5) is 19.9. The molecule has 0 aliphatic rings. The molecular weight excluding hydrogens is 304 g/mol. The molecule has 4 nitrogen and oxygen atoms in total. The molecule has 1 N–H and O–H groups in total. The fraction of sp³-hybridized carbons (Fsp3) is 0.250. The molecule has 0 aliphatic carbocycles. The standard InChI is InChI=1S/C12H11ClN2O2S2/c1-7-9(4-11(16)17)19-12(15-7)18-6-8-2-3-10(13)14-5-8/h2-3,5H,4,6H2,1H3,(H,16,17). The summed E-state index contributed by atoms with van der Waals surface area (Å²) in [6.45, 7) is 1.84. The summed E-state index contributed by atoms with van der Waals surface area (Å²) in [5.41, 5.74) is 1.85. The number of hydrogen-bond acceptors (Lipinski definition) is 5. The van der Waals surface area contributed by atoms with E-state index in [9.17, 15) is 4.79 Å². The fourth-order valence-corrected chi connectivity index (χ4v) is 3.67. The van der Waals surface area contributed by atoms with Gasteiger partial charge in [0.1, 0.15) is 5.15 Å². The third-order valence-corrected chi connectivity index (χ3v) is 4.93. The zero-order valence-corrected chi connectivity index (χ0v) is 12.5. The summed E-state index contributed by atoms with van der Waals surface area (Å²) in [6.07, 6.45) is 1.76. The number of aliphatic carboxylic acids is 1. The minimum atomic E-state index is -0.829. The van der Waals surface area contributed by atoms with Crippen LogP contribution in [0.4, 0.5) is 0 Å². The Kier molecular flexibility index (Phi) is 4.79. The van der Waals surface area contributed by atoms with E-state index in [1.165, 1.54) is 11.3 Å². The number of carbonyl (C=O) groups is 1. The minimum absolute atomic E-state index is 0.0343. The normalized spacial score (nSPS) is 10.6. The highest BCUT2D eigenvalue weighted by Gasteiger charge is 2.11. The van der Waals surface area contributed by atoms with Crippen molar-refractivity contribution < 1.29 is 9.90 Å². The molecule has 0 aliphatic heterocycles. The fourth-order valence-electron chi connectivity index (χ4n) is 1.40. The Morgan fingerprint density at radius 2 is 2.32 bits per heavy atom. The number of carboxylic acids is 1. The van der Waals surface area contributed by atoms with Gasteiger partial charge in [0, 0.05) is 16.8 Å². The molecule has 0 saturated heterocycles. The summed E-state index contributed by atoms with van der Waals surface area (Å²) in [5, 5.41) is 9.26. The van der Waals surface area contributed by atoms with Crippen LogP contribution in [0.1, 0.15) is 16.1 Å². The molecular formula is C12H11ClN2O2S2. The van der Waals surface area contributed by atoms with E-state index in [1.807, 2.05) is 13.0 Å². The van der Waals surface area contributed by atoms with Crippen molar-refractivity contribution in [2.45, 2.75) is 23.4 Å². The molecule has 100 valence electrons. The average molecular weight is 315 g/mol. The lowest BCUT2D eigenvalue weighted by molar-refractivity contribution is -0.136. The first kappa shape index (κ1) is 14.3. The number of carboxylic acid groups (broad SMARTS) is 1. The summed E-state index contributed by atoms with van der Waals surface area (Å²) in [5.74, 6) is -0.0888. The number of aromatic nitrogens is 2. The molecule has 0 spiro atoms. The number of thioether (sulfide) groups is 1. The maximum Gasteiger partial charge on any atom is 0.308 e. The number of thiazole rings is 1. The van der Waals surface area contributed by atoms with Crippen LogP contribution in [0, 0.1) is 6.92 Å². The second-order valence-electron chi connectivity index (χ2n) is 3.84. The van der Waals surface area contributed by atoms with Gasteiger partial charge in [-0.15, -0.1) is 11.3 Å². The van der Waals surface area contributed by atoms with Crippen LogP contribution in [0.5, 0.6) is 0 Å². The van der Waals surface area contributed by atoms with Crippen LogP contribution < -0.4 is 0 Å². The van der Waals surface area contributed by atoms with Gasteiger partial charge < -0.3 is 5.11 Å². The van der Waals surface area contributed by atoms with Gasteiger partial charge in [0.25, 0.3) is 0 Å². The van der Waals surface area contributed by atoms with Crippen LogP contribution in [0.3, 0.4) is 0 Å². The van der Waals surface area contributed by atoms with Gasteiger partial charge in [0.15, 0.2) is 4.34 Å². The minimum Gasteiger partial charge on any atom is -0.481 e. The summed E-state index contributed by atoms with van der Waals surface area (Å²) < 4.78 is 0.878. The van der Waals surface area contributed by atoms with Crippen LogP contribution in [-0.4, -0.2) is 21.0 Å². The van der Waals surface area contributed by atoms with Gasteiger partial charge in [-0.05, 0) is 18.6 Å². The Morgan fingerprint density at radius 1 is 1.53 bits per heavy atom. The van der Waals surface area contributed by atoms with Crippen LogP contribution in [0.25, 0.3) is 0 Å². The Balaban J connectivity index is 1.99. The molecule has 7 heteroatoms. The second-order valence-corrected chi connectivity index (χ2v) is 6.53. The predicted octanol–water partition coefficient (Wildman–Crippen LogP) is 3.42. The zero-order valence-electron chi connectivity index (χ0n) is 10.1. The highest BCUT2D eigenvalue weighted by atomic mass is 35.5. The average Bonchev–Trinajstić information content (AvgIpc) is 2.69. The van der Waals surface area contributed by atoms with Gasteiger partial charge in [0.2, 0.25) is 0 Å². The maximum absolute atomic E-state index is 10.7. The van der Waals surface area contributed by atoms with Crippen molar-refractivity contribution in [3.05, 3.63) is 39.6 Å². The Morgan fingerprint density at radius 3 is 2.95 bits per heavy atom.